The Labute approximate surface area is 113 Å². The van der Waals surface area contributed by atoms with E-state index in [1.54, 1.807) is 6.07 Å². The highest BCUT2D eigenvalue weighted by atomic mass is 16.7. The van der Waals surface area contributed by atoms with E-state index < -0.39 is 5.60 Å². The van der Waals surface area contributed by atoms with E-state index in [2.05, 4.69) is 0 Å². The molecular weight excluding hydrogens is 246 g/mol. The molecule has 0 saturated heterocycles. The molecule has 0 radical (unpaired) electrons. The van der Waals surface area contributed by atoms with Gasteiger partial charge in [-0.05, 0) is 18.9 Å². The summed E-state index contributed by atoms with van der Waals surface area (Å²) in [5.74, 6) is 1.99. The lowest BCUT2D eigenvalue weighted by molar-refractivity contribution is -0.0116. The molecule has 0 unspecified atom stereocenters. The van der Waals surface area contributed by atoms with Gasteiger partial charge in [0.25, 0.3) is 0 Å². The second-order valence-electron chi connectivity index (χ2n) is 4.74. The predicted octanol–water partition coefficient (Wildman–Crippen LogP) is 1.80. The average Bonchev–Trinajstić information content (AvgIpc) is 2.90. The van der Waals surface area contributed by atoms with Crippen LogP contribution >= 0.6 is 0 Å². The van der Waals surface area contributed by atoms with Crippen LogP contribution < -0.4 is 19.9 Å². The normalized spacial score (nSPS) is 13.7. The molecule has 0 aliphatic carbocycles. The van der Waals surface area contributed by atoms with Crippen LogP contribution in [0.5, 0.6) is 17.2 Å². The van der Waals surface area contributed by atoms with Crippen LogP contribution in [0.1, 0.15) is 32.3 Å². The van der Waals surface area contributed by atoms with Gasteiger partial charge in [0.15, 0.2) is 11.5 Å². The summed E-state index contributed by atoms with van der Waals surface area (Å²) < 4.78 is 16.4. The van der Waals surface area contributed by atoms with Crippen LogP contribution in [0.2, 0.25) is 0 Å². The quantitative estimate of drug-likeness (QED) is 0.822. The second-order valence-corrected chi connectivity index (χ2v) is 4.74. The second kappa shape index (κ2) is 5.67. The Morgan fingerprint density at radius 1 is 1.26 bits per heavy atom. The Kier molecular flexibility index (Phi) is 4.17. The molecule has 1 aliphatic heterocycles. The highest BCUT2D eigenvalue weighted by molar-refractivity contribution is 5.51. The van der Waals surface area contributed by atoms with Crippen LogP contribution in [0, 0.1) is 0 Å². The van der Waals surface area contributed by atoms with Gasteiger partial charge in [-0.15, -0.1) is 0 Å². The van der Waals surface area contributed by atoms with E-state index in [0.29, 0.717) is 36.6 Å². The summed E-state index contributed by atoms with van der Waals surface area (Å²) in [6.45, 7) is 4.69. The molecule has 0 saturated carbocycles. The molecule has 1 aromatic carbocycles. The van der Waals surface area contributed by atoms with Gasteiger partial charge in [0.05, 0.1) is 5.60 Å². The SMILES string of the molecule is CCC(O)(CC)COc1cc2c(cc1CN)OCO2. The van der Waals surface area contributed by atoms with E-state index in [1.165, 1.54) is 0 Å². The number of rotatable bonds is 6. The maximum absolute atomic E-state index is 10.2. The summed E-state index contributed by atoms with van der Waals surface area (Å²) in [5, 5.41) is 10.2. The monoisotopic (exact) mass is 267 g/mol. The van der Waals surface area contributed by atoms with Crippen LogP contribution in [-0.4, -0.2) is 24.1 Å². The van der Waals surface area contributed by atoms with Crippen LogP contribution in [0.4, 0.5) is 0 Å². The molecule has 3 N–H and O–H groups in total. The Morgan fingerprint density at radius 2 is 1.89 bits per heavy atom. The highest BCUT2D eigenvalue weighted by Gasteiger charge is 2.24. The van der Waals surface area contributed by atoms with E-state index in [9.17, 15) is 5.11 Å². The third-order valence-corrected chi connectivity index (χ3v) is 3.59. The van der Waals surface area contributed by atoms with Crippen molar-refractivity contribution in [2.45, 2.75) is 38.8 Å². The molecule has 0 atom stereocenters. The van der Waals surface area contributed by atoms with Crippen molar-refractivity contribution in [3.8, 4) is 17.2 Å². The molecule has 5 nitrogen and oxygen atoms in total. The Morgan fingerprint density at radius 3 is 2.47 bits per heavy atom. The van der Waals surface area contributed by atoms with Crippen molar-refractivity contribution in [1.82, 2.24) is 0 Å². The zero-order chi connectivity index (χ0) is 13.9. The van der Waals surface area contributed by atoms with E-state index >= 15 is 0 Å². The highest BCUT2D eigenvalue weighted by Crippen LogP contribution is 2.38. The Balaban J connectivity index is 2.16. The van der Waals surface area contributed by atoms with Crippen LogP contribution in [0.3, 0.4) is 0 Å². The Bertz CT molecular complexity index is 443. The maximum Gasteiger partial charge on any atom is 0.231 e. The van der Waals surface area contributed by atoms with Crippen LogP contribution in [0.15, 0.2) is 12.1 Å². The number of benzene rings is 1. The summed E-state index contributed by atoms with van der Waals surface area (Å²) in [6, 6.07) is 3.60. The maximum atomic E-state index is 10.2. The van der Waals surface area contributed by atoms with Gasteiger partial charge >= 0.3 is 0 Å². The largest absolute Gasteiger partial charge is 0.490 e. The third kappa shape index (κ3) is 2.93. The zero-order valence-corrected chi connectivity index (χ0v) is 11.4. The van der Waals surface area contributed by atoms with Crippen LogP contribution in [0.25, 0.3) is 0 Å². The Hall–Kier alpha value is -1.46. The average molecular weight is 267 g/mol. The first-order valence-electron chi connectivity index (χ1n) is 6.59. The minimum atomic E-state index is -0.803. The van der Waals surface area contributed by atoms with Gasteiger partial charge in [-0.3, -0.25) is 0 Å². The van der Waals surface area contributed by atoms with Gasteiger partial charge in [-0.1, -0.05) is 13.8 Å². The van der Waals surface area contributed by atoms with E-state index in [0.717, 1.165) is 5.56 Å². The summed E-state index contributed by atoms with van der Waals surface area (Å²) in [5.41, 5.74) is 5.75. The van der Waals surface area contributed by atoms with Gasteiger partial charge in [0.1, 0.15) is 12.4 Å². The first kappa shape index (κ1) is 14.0. The number of aliphatic hydroxyl groups is 1. The molecular formula is C14H21NO4. The van der Waals surface area contributed by atoms with Crippen molar-refractivity contribution < 1.29 is 19.3 Å². The molecule has 0 aromatic heterocycles. The van der Waals surface area contributed by atoms with Crippen molar-refractivity contribution in [3.63, 3.8) is 0 Å². The lowest BCUT2D eigenvalue weighted by Gasteiger charge is -2.25. The van der Waals surface area contributed by atoms with Gasteiger partial charge < -0.3 is 25.1 Å². The summed E-state index contributed by atoms with van der Waals surface area (Å²) in [4.78, 5) is 0. The molecule has 1 aliphatic rings. The molecule has 19 heavy (non-hydrogen) atoms. The van der Waals surface area contributed by atoms with Crippen molar-refractivity contribution in [1.29, 1.82) is 0 Å². The molecule has 0 fully saturated rings. The van der Waals surface area contributed by atoms with Crippen molar-refractivity contribution in [2.24, 2.45) is 5.73 Å². The minimum Gasteiger partial charge on any atom is -0.490 e. The standard InChI is InChI=1S/C14H21NO4/c1-3-14(16,4-2)8-17-11-6-13-12(18-9-19-13)5-10(11)7-15/h5-6,16H,3-4,7-9,15H2,1-2H3. The molecule has 106 valence electrons. The number of nitrogens with two attached hydrogens (primary N) is 1. The summed E-state index contributed by atoms with van der Waals surface area (Å²) in [7, 11) is 0. The molecule has 1 heterocycles. The molecule has 0 bridgehead atoms. The first-order valence-corrected chi connectivity index (χ1v) is 6.59. The van der Waals surface area contributed by atoms with Crippen molar-refractivity contribution in [2.75, 3.05) is 13.4 Å². The smallest absolute Gasteiger partial charge is 0.231 e. The summed E-state index contributed by atoms with van der Waals surface area (Å²) in [6.07, 6.45) is 1.29. The van der Waals surface area contributed by atoms with Gasteiger partial charge in [-0.2, -0.15) is 0 Å². The number of fused-ring (bicyclic) bond motifs is 1. The number of ether oxygens (including phenoxy) is 3. The minimum absolute atomic E-state index is 0.219. The third-order valence-electron chi connectivity index (χ3n) is 3.59. The van der Waals surface area contributed by atoms with E-state index in [4.69, 9.17) is 19.9 Å². The van der Waals surface area contributed by atoms with Crippen LogP contribution in [-0.2, 0) is 6.54 Å². The zero-order valence-electron chi connectivity index (χ0n) is 11.4. The lowest BCUT2D eigenvalue weighted by atomic mass is 9.99. The summed E-state index contributed by atoms with van der Waals surface area (Å²) >= 11 is 0. The topological polar surface area (TPSA) is 73.9 Å². The number of hydrogen-bond donors (Lipinski definition) is 2. The van der Waals surface area contributed by atoms with E-state index in [1.807, 2.05) is 19.9 Å². The number of hydrogen-bond acceptors (Lipinski definition) is 5. The molecule has 0 spiro atoms. The van der Waals surface area contributed by atoms with Crippen molar-refractivity contribution >= 4 is 0 Å². The first-order chi connectivity index (χ1) is 9.11. The van der Waals surface area contributed by atoms with Gasteiger partial charge in [-0.25, -0.2) is 0 Å². The predicted molar refractivity (Wildman–Crippen MR) is 71.5 cm³/mol. The molecule has 1 aromatic rings. The fraction of sp³-hybridized carbons (Fsp3) is 0.571. The van der Waals surface area contributed by atoms with Crippen molar-refractivity contribution in [3.05, 3.63) is 17.7 Å². The molecule has 0 amide bonds. The fourth-order valence-corrected chi connectivity index (χ4v) is 1.93. The molecule has 5 heteroatoms. The lowest BCUT2D eigenvalue weighted by Crippen LogP contribution is -2.34. The van der Waals surface area contributed by atoms with Gasteiger partial charge in [0.2, 0.25) is 6.79 Å². The van der Waals surface area contributed by atoms with E-state index in [-0.39, 0.29) is 13.4 Å². The van der Waals surface area contributed by atoms with Gasteiger partial charge in [0, 0.05) is 18.2 Å². The molecule has 2 rings (SSSR count). The fourth-order valence-electron chi connectivity index (χ4n) is 1.93.